The normalized spacial score (nSPS) is 23.5. The minimum atomic E-state index is -0.934. The molecule has 2 aliphatic rings. The summed E-state index contributed by atoms with van der Waals surface area (Å²) in [6, 6.07) is 7.30. The molecule has 0 bridgehead atoms. The van der Waals surface area contributed by atoms with Crippen LogP contribution in [0.5, 0.6) is 0 Å². The minimum Gasteiger partial charge on any atom is -0.481 e. The predicted molar refractivity (Wildman–Crippen MR) is 87.5 cm³/mol. The van der Waals surface area contributed by atoms with Gasteiger partial charge in [0.05, 0.1) is 5.92 Å². The summed E-state index contributed by atoms with van der Waals surface area (Å²) in [7, 11) is -0.934. The molecule has 124 valence electrons. The van der Waals surface area contributed by atoms with E-state index in [1.807, 2.05) is 23.1 Å². The van der Waals surface area contributed by atoms with Crippen molar-refractivity contribution in [3.8, 4) is 0 Å². The van der Waals surface area contributed by atoms with Gasteiger partial charge in [-0.1, -0.05) is 12.1 Å². The van der Waals surface area contributed by atoms with Crippen molar-refractivity contribution in [3.63, 3.8) is 0 Å². The molecule has 1 aliphatic heterocycles. The van der Waals surface area contributed by atoms with Gasteiger partial charge in [-0.2, -0.15) is 0 Å². The van der Waals surface area contributed by atoms with Gasteiger partial charge in [-0.25, -0.2) is 0 Å². The number of carboxylic acids is 1. The molecule has 6 heteroatoms. The second-order valence-corrected chi connectivity index (χ2v) is 8.10. The molecule has 1 aromatic carbocycles. The quantitative estimate of drug-likeness (QED) is 0.912. The largest absolute Gasteiger partial charge is 0.481 e. The third-order valence-electron chi connectivity index (χ3n) is 5.08. The van der Waals surface area contributed by atoms with Crippen molar-refractivity contribution in [3.05, 3.63) is 35.4 Å². The van der Waals surface area contributed by atoms with Gasteiger partial charge in [-0.3, -0.25) is 13.8 Å². The monoisotopic (exact) mass is 335 g/mol. The molecule has 2 fully saturated rings. The summed E-state index contributed by atoms with van der Waals surface area (Å²) in [5.74, 6) is -0.492. The Kier molecular flexibility index (Phi) is 4.27. The SMILES string of the molecule is CS(=O)Cc1cccc(C(=O)N2CCC3(CC2)CC3C(=O)O)c1. The molecule has 1 saturated heterocycles. The van der Waals surface area contributed by atoms with Crippen LogP contribution in [0.1, 0.15) is 35.2 Å². The number of benzene rings is 1. The molecular weight excluding hydrogens is 314 g/mol. The zero-order chi connectivity index (χ0) is 16.6. The molecule has 2 unspecified atom stereocenters. The van der Waals surface area contributed by atoms with E-state index in [1.54, 1.807) is 12.3 Å². The Morgan fingerprint density at radius 1 is 1.35 bits per heavy atom. The highest BCUT2D eigenvalue weighted by Gasteiger charge is 2.59. The average molecular weight is 335 g/mol. The second kappa shape index (κ2) is 6.07. The highest BCUT2D eigenvalue weighted by atomic mass is 32.2. The van der Waals surface area contributed by atoms with Crippen LogP contribution in [0.3, 0.4) is 0 Å². The molecule has 1 amide bonds. The number of rotatable bonds is 4. The highest BCUT2D eigenvalue weighted by Crippen LogP contribution is 2.59. The summed E-state index contributed by atoms with van der Waals surface area (Å²) in [6.07, 6.45) is 3.94. The summed E-state index contributed by atoms with van der Waals surface area (Å²) >= 11 is 0. The fraction of sp³-hybridized carbons (Fsp3) is 0.529. The zero-order valence-electron chi connectivity index (χ0n) is 13.2. The Morgan fingerprint density at radius 3 is 2.61 bits per heavy atom. The fourth-order valence-electron chi connectivity index (χ4n) is 3.62. The molecule has 0 radical (unpaired) electrons. The Morgan fingerprint density at radius 2 is 2.04 bits per heavy atom. The molecule has 1 heterocycles. The van der Waals surface area contributed by atoms with Crippen LogP contribution in [0.25, 0.3) is 0 Å². The number of piperidine rings is 1. The van der Waals surface area contributed by atoms with Gasteiger partial charge in [-0.05, 0) is 42.4 Å². The van der Waals surface area contributed by atoms with E-state index >= 15 is 0 Å². The van der Waals surface area contributed by atoms with Gasteiger partial charge in [0, 0.05) is 41.5 Å². The third-order valence-corrected chi connectivity index (χ3v) is 5.82. The minimum absolute atomic E-state index is 0.0175. The lowest BCUT2D eigenvalue weighted by Gasteiger charge is -2.32. The van der Waals surface area contributed by atoms with Crippen LogP contribution in [-0.4, -0.2) is 45.4 Å². The molecule has 1 aromatic rings. The first-order valence-electron chi connectivity index (χ1n) is 7.82. The standard InChI is InChI=1S/C17H21NO4S/c1-23(22)11-12-3-2-4-13(9-12)15(19)18-7-5-17(6-8-18)10-14(17)16(20)21/h2-4,9,14H,5-8,10-11H2,1H3,(H,20,21). The van der Waals surface area contributed by atoms with Crippen molar-refractivity contribution >= 4 is 22.7 Å². The van der Waals surface area contributed by atoms with Crippen molar-refractivity contribution in [2.75, 3.05) is 19.3 Å². The topological polar surface area (TPSA) is 74.7 Å². The first kappa shape index (κ1) is 16.2. The van der Waals surface area contributed by atoms with E-state index in [2.05, 4.69) is 0 Å². The van der Waals surface area contributed by atoms with Crippen molar-refractivity contribution in [2.45, 2.75) is 25.0 Å². The maximum absolute atomic E-state index is 12.6. The van der Waals surface area contributed by atoms with Crippen molar-refractivity contribution in [1.29, 1.82) is 0 Å². The lowest BCUT2D eigenvalue weighted by atomic mass is 9.90. The number of nitrogens with zero attached hydrogens (tertiary/aromatic N) is 1. The average Bonchev–Trinajstić information content (AvgIpc) is 3.21. The van der Waals surface area contributed by atoms with Gasteiger partial charge in [0.1, 0.15) is 0 Å². The number of likely N-dealkylation sites (tertiary alicyclic amines) is 1. The molecule has 3 rings (SSSR count). The number of amides is 1. The van der Waals surface area contributed by atoms with Crippen molar-refractivity contribution in [2.24, 2.45) is 11.3 Å². The molecule has 5 nitrogen and oxygen atoms in total. The van der Waals surface area contributed by atoms with E-state index in [0.29, 0.717) is 24.4 Å². The summed E-state index contributed by atoms with van der Waals surface area (Å²) in [6.45, 7) is 1.24. The second-order valence-electron chi connectivity index (χ2n) is 6.67. The maximum atomic E-state index is 12.6. The summed E-state index contributed by atoms with van der Waals surface area (Å²) in [5.41, 5.74) is 1.46. The molecule has 1 N–H and O–H groups in total. The molecular formula is C17H21NO4S. The number of hydrogen-bond acceptors (Lipinski definition) is 3. The van der Waals surface area contributed by atoms with E-state index in [9.17, 15) is 13.8 Å². The Bertz CT molecular complexity index is 664. The van der Waals surface area contributed by atoms with Crippen LogP contribution >= 0.6 is 0 Å². The van der Waals surface area contributed by atoms with Gasteiger partial charge in [0.15, 0.2) is 0 Å². The number of carbonyl (C=O) groups excluding carboxylic acids is 1. The lowest BCUT2D eigenvalue weighted by Crippen LogP contribution is -2.40. The van der Waals surface area contributed by atoms with Crippen LogP contribution in [0.2, 0.25) is 0 Å². The first-order valence-corrected chi connectivity index (χ1v) is 9.55. The summed E-state index contributed by atoms with van der Waals surface area (Å²) in [5, 5.41) is 9.12. The number of carboxylic acid groups (broad SMARTS) is 1. The zero-order valence-corrected chi connectivity index (χ0v) is 14.0. The van der Waals surface area contributed by atoms with E-state index in [1.165, 1.54) is 0 Å². The van der Waals surface area contributed by atoms with Gasteiger partial charge >= 0.3 is 5.97 Å². The van der Waals surface area contributed by atoms with E-state index in [-0.39, 0.29) is 17.2 Å². The highest BCUT2D eigenvalue weighted by molar-refractivity contribution is 7.83. The van der Waals surface area contributed by atoms with Gasteiger partial charge in [0.2, 0.25) is 0 Å². The van der Waals surface area contributed by atoms with Crippen LogP contribution < -0.4 is 0 Å². The Balaban J connectivity index is 1.64. The van der Waals surface area contributed by atoms with Crippen LogP contribution in [0.15, 0.2) is 24.3 Å². The summed E-state index contributed by atoms with van der Waals surface area (Å²) in [4.78, 5) is 25.5. The van der Waals surface area contributed by atoms with E-state index < -0.39 is 16.8 Å². The molecule has 23 heavy (non-hydrogen) atoms. The fourth-order valence-corrected chi connectivity index (χ4v) is 4.26. The molecule has 1 spiro atoms. The van der Waals surface area contributed by atoms with Crippen LogP contribution in [-0.2, 0) is 21.3 Å². The molecule has 2 atom stereocenters. The van der Waals surface area contributed by atoms with Crippen LogP contribution in [0, 0.1) is 11.3 Å². The maximum Gasteiger partial charge on any atom is 0.307 e. The Hall–Kier alpha value is -1.69. The number of carbonyl (C=O) groups is 2. The smallest absolute Gasteiger partial charge is 0.307 e. The van der Waals surface area contributed by atoms with E-state index in [4.69, 9.17) is 5.11 Å². The van der Waals surface area contributed by atoms with Crippen LogP contribution in [0.4, 0.5) is 0 Å². The number of hydrogen-bond donors (Lipinski definition) is 1. The van der Waals surface area contributed by atoms with Crippen molar-refractivity contribution < 1.29 is 18.9 Å². The Labute approximate surface area is 138 Å². The summed E-state index contributed by atoms with van der Waals surface area (Å²) < 4.78 is 11.3. The predicted octanol–water partition coefficient (Wildman–Crippen LogP) is 1.89. The van der Waals surface area contributed by atoms with E-state index in [0.717, 1.165) is 24.8 Å². The number of aliphatic carboxylic acids is 1. The third kappa shape index (κ3) is 3.32. The lowest BCUT2D eigenvalue weighted by molar-refractivity contribution is -0.139. The molecule has 0 aromatic heterocycles. The molecule has 1 aliphatic carbocycles. The molecule has 1 saturated carbocycles. The van der Waals surface area contributed by atoms with Gasteiger partial charge in [0.25, 0.3) is 5.91 Å². The van der Waals surface area contributed by atoms with Gasteiger partial charge < -0.3 is 10.0 Å². The van der Waals surface area contributed by atoms with Crippen molar-refractivity contribution in [1.82, 2.24) is 4.90 Å². The van der Waals surface area contributed by atoms with Gasteiger partial charge in [-0.15, -0.1) is 0 Å². The first-order chi connectivity index (χ1) is 10.9.